The van der Waals surface area contributed by atoms with Gasteiger partial charge >= 0.3 is 18.0 Å². The summed E-state index contributed by atoms with van der Waals surface area (Å²) in [5, 5.41) is 14.7. The molecule has 0 aliphatic heterocycles. The zero-order valence-electron chi connectivity index (χ0n) is 17.4. The number of carbonyl (C=O) groups excluding carboxylic acids is 1. The van der Waals surface area contributed by atoms with Crippen LogP contribution in [-0.2, 0) is 4.79 Å². The molecule has 164 valence electrons. The Hall–Kier alpha value is -3.94. The third-order valence-corrected chi connectivity index (χ3v) is 5.43. The lowest BCUT2D eigenvalue weighted by Crippen LogP contribution is -2.28. The van der Waals surface area contributed by atoms with Gasteiger partial charge in [-0.1, -0.05) is 30.3 Å². The summed E-state index contributed by atoms with van der Waals surface area (Å²) >= 11 is 0. The molecule has 0 radical (unpaired) electrons. The van der Waals surface area contributed by atoms with Crippen LogP contribution in [0, 0.1) is 5.92 Å². The van der Waals surface area contributed by atoms with Gasteiger partial charge < -0.3 is 20.5 Å². The van der Waals surface area contributed by atoms with Gasteiger partial charge in [-0.15, -0.1) is 0 Å². The molecule has 2 amide bonds. The number of nitrogens with one attached hydrogen (secondary N) is 2. The Bertz CT molecular complexity index is 1050. The van der Waals surface area contributed by atoms with Crippen molar-refractivity contribution >= 4 is 23.4 Å². The van der Waals surface area contributed by atoms with Crippen LogP contribution in [0.2, 0.25) is 0 Å². The first-order valence-electron chi connectivity index (χ1n) is 10.5. The predicted octanol–water partition coefficient (Wildman–Crippen LogP) is 4.81. The molecular formula is C24H24N4O4. The summed E-state index contributed by atoms with van der Waals surface area (Å²) in [6.07, 6.45) is 5.93. The molecule has 4 rings (SSSR count). The summed E-state index contributed by atoms with van der Waals surface area (Å²) in [6.45, 7) is 0. The van der Waals surface area contributed by atoms with Crippen LogP contribution in [0.25, 0.3) is 11.1 Å². The fraction of sp³-hybridized carbons (Fsp3) is 0.250. The number of rotatable bonds is 6. The third kappa shape index (κ3) is 5.60. The van der Waals surface area contributed by atoms with E-state index in [1.807, 2.05) is 54.6 Å². The number of hydrogen-bond acceptors (Lipinski definition) is 5. The summed E-state index contributed by atoms with van der Waals surface area (Å²) in [4.78, 5) is 31.7. The molecule has 32 heavy (non-hydrogen) atoms. The van der Waals surface area contributed by atoms with Gasteiger partial charge in [0.2, 0.25) is 0 Å². The fourth-order valence-corrected chi connectivity index (χ4v) is 3.66. The number of carboxylic acids is 1. The van der Waals surface area contributed by atoms with Crippen LogP contribution >= 0.6 is 0 Å². The minimum absolute atomic E-state index is 0.0520. The van der Waals surface area contributed by atoms with Gasteiger partial charge in [-0.3, -0.25) is 4.79 Å². The van der Waals surface area contributed by atoms with Crippen molar-refractivity contribution in [3.63, 3.8) is 0 Å². The van der Waals surface area contributed by atoms with Crippen molar-refractivity contribution in [3.8, 4) is 17.1 Å². The Balaban J connectivity index is 1.30. The van der Waals surface area contributed by atoms with Crippen molar-refractivity contribution in [2.75, 3.05) is 10.6 Å². The van der Waals surface area contributed by atoms with Gasteiger partial charge in [-0.25, -0.2) is 14.8 Å². The number of hydrogen-bond donors (Lipinski definition) is 3. The van der Waals surface area contributed by atoms with Crippen LogP contribution in [0.5, 0.6) is 6.01 Å². The molecule has 0 saturated heterocycles. The molecule has 1 saturated carbocycles. The van der Waals surface area contributed by atoms with Gasteiger partial charge in [0.1, 0.15) is 6.10 Å². The second-order valence-electron chi connectivity index (χ2n) is 7.71. The van der Waals surface area contributed by atoms with Crippen molar-refractivity contribution in [1.29, 1.82) is 0 Å². The van der Waals surface area contributed by atoms with Gasteiger partial charge in [0.05, 0.1) is 5.92 Å². The van der Waals surface area contributed by atoms with Crippen LogP contribution in [0.3, 0.4) is 0 Å². The number of aromatic nitrogens is 2. The van der Waals surface area contributed by atoms with Crippen molar-refractivity contribution in [1.82, 2.24) is 9.97 Å². The molecule has 2 aromatic carbocycles. The van der Waals surface area contributed by atoms with E-state index in [9.17, 15) is 9.59 Å². The molecule has 1 heterocycles. The lowest BCUT2D eigenvalue weighted by Gasteiger charge is -2.25. The first-order valence-corrected chi connectivity index (χ1v) is 10.5. The minimum atomic E-state index is -0.734. The molecule has 8 nitrogen and oxygen atoms in total. The van der Waals surface area contributed by atoms with Gasteiger partial charge in [0.15, 0.2) is 0 Å². The average molecular weight is 432 g/mol. The molecule has 0 unspecified atom stereocenters. The molecule has 1 aromatic heterocycles. The number of nitrogens with zero attached hydrogens (tertiary/aromatic N) is 2. The summed E-state index contributed by atoms with van der Waals surface area (Å²) in [6, 6.07) is 16.6. The molecule has 1 aliphatic rings. The van der Waals surface area contributed by atoms with E-state index in [4.69, 9.17) is 9.84 Å². The monoisotopic (exact) mass is 432 g/mol. The van der Waals surface area contributed by atoms with E-state index in [-0.39, 0.29) is 18.1 Å². The van der Waals surface area contributed by atoms with E-state index in [1.165, 1.54) is 0 Å². The molecule has 0 spiro atoms. The number of benzene rings is 2. The number of carboxylic acid groups (broad SMARTS) is 1. The van der Waals surface area contributed by atoms with Crippen LogP contribution in [-0.4, -0.2) is 33.2 Å². The minimum Gasteiger partial charge on any atom is -0.481 e. The Morgan fingerprint density at radius 1 is 0.812 bits per heavy atom. The zero-order valence-corrected chi connectivity index (χ0v) is 17.4. The molecule has 0 atom stereocenters. The third-order valence-electron chi connectivity index (χ3n) is 5.43. The first kappa shape index (κ1) is 21.3. The second kappa shape index (κ2) is 9.91. The lowest BCUT2D eigenvalue weighted by molar-refractivity contribution is -0.143. The highest BCUT2D eigenvalue weighted by molar-refractivity contribution is 5.99. The van der Waals surface area contributed by atoms with Crippen LogP contribution < -0.4 is 15.4 Å². The topological polar surface area (TPSA) is 113 Å². The number of amides is 2. The van der Waals surface area contributed by atoms with Crippen molar-refractivity contribution in [2.24, 2.45) is 5.92 Å². The summed E-state index contributed by atoms with van der Waals surface area (Å²) in [5.41, 5.74) is 3.12. The lowest BCUT2D eigenvalue weighted by atomic mass is 9.87. The summed E-state index contributed by atoms with van der Waals surface area (Å²) < 4.78 is 5.82. The van der Waals surface area contributed by atoms with E-state index in [1.54, 1.807) is 12.4 Å². The Morgan fingerprint density at radius 3 is 2.00 bits per heavy atom. The maximum Gasteiger partial charge on any atom is 0.323 e. The molecule has 3 N–H and O–H groups in total. The number of aliphatic carboxylic acids is 1. The molecule has 1 fully saturated rings. The van der Waals surface area contributed by atoms with E-state index < -0.39 is 5.97 Å². The number of carbonyl (C=O) groups is 2. The quantitative estimate of drug-likeness (QED) is 0.515. The van der Waals surface area contributed by atoms with Crippen LogP contribution in [0.1, 0.15) is 25.7 Å². The Morgan fingerprint density at radius 2 is 1.41 bits per heavy atom. The predicted molar refractivity (Wildman–Crippen MR) is 121 cm³/mol. The highest BCUT2D eigenvalue weighted by Crippen LogP contribution is 2.27. The largest absolute Gasteiger partial charge is 0.481 e. The maximum atomic E-state index is 12.1. The van der Waals surface area contributed by atoms with Gasteiger partial charge in [0, 0.05) is 29.3 Å². The number of anilines is 2. The fourth-order valence-electron chi connectivity index (χ4n) is 3.66. The SMILES string of the molecule is O=C(Nc1ccccc1)Nc1ccc(-c2cnc(OC3CCC(C(=O)O)CC3)nc2)cc1. The Kier molecular flexibility index (Phi) is 6.60. The van der Waals surface area contributed by atoms with Crippen LogP contribution in [0.4, 0.5) is 16.2 Å². The average Bonchev–Trinajstić information content (AvgIpc) is 2.81. The highest BCUT2D eigenvalue weighted by Gasteiger charge is 2.27. The second-order valence-corrected chi connectivity index (χ2v) is 7.71. The highest BCUT2D eigenvalue weighted by atomic mass is 16.5. The van der Waals surface area contributed by atoms with Crippen molar-refractivity contribution in [2.45, 2.75) is 31.8 Å². The first-order chi connectivity index (χ1) is 15.6. The Labute approximate surface area is 185 Å². The normalized spacial score (nSPS) is 17.9. The molecule has 3 aromatic rings. The maximum absolute atomic E-state index is 12.1. The van der Waals surface area contributed by atoms with Gasteiger partial charge in [0.25, 0.3) is 0 Å². The molecule has 0 bridgehead atoms. The number of ether oxygens (including phenoxy) is 1. The molecular weight excluding hydrogens is 408 g/mol. The zero-order chi connectivity index (χ0) is 22.3. The summed E-state index contributed by atoms with van der Waals surface area (Å²) in [7, 11) is 0. The van der Waals surface area contributed by atoms with E-state index >= 15 is 0 Å². The van der Waals surface area contributed by atoms with Crippen LogP contribution in [0.15, 0.2) is 67.0 Å². The smallest absolute Gasteiger partial charge is 0.323 e. The van der Waals surface area contributed by atoms with Gasteiger partial charge in [-0.2, -0.15) is 0 Å². The number of urea groups is 1. The van der Waals surface area contributed by atoms with E-state index in [0.717, 1.165) is 16.8 Å². The van der Waals surface area contributed by atoms with Gasteiger partial charge in [-0.05, 0) is 55.5 Å². The van der Waals surface area contributed by atoms with Crippen molar-refractivity contribution in [3.05, 3.63) is 67.0 Å². The molecule has 8 heteroatoms. The van der Waals surface area contributed by atoms with Crippen molar-refractivity contribution < 1.29 is 19.4 Å². The standard InChI is InChI=1S/C24H24N4O4/c29-22(30)17-8-12-21(13-9-17)32-24-25-14-18(15-26-24)16-6-10-20(11-7-16)28-23(31)27-19-4-2-1-3-5-19/h1-7,10-11,14-15,17,21H,8-9,12-13H2,(H,29,30)(H2,27,28,31). The van der Waals surface area contributed by atoms with E-state index in [0.29, 0.717) is 37.4 Å². The van der Waals surface area contributed by atoms with E-state index in [2.05, 4.69) is 20.6 Å². The number of para-hydroxylation sites is 1. The summed E-state index contributed by atoms with van der Waals surface area (Å²) in [5.74, 6) is -1.01. The molecule has 1 aliphatic carbocycles.